The van der Waals surface area contributed by atoms with Gasteiger partial charge in [0.2, 0.25) is 5.91 Å². The summed E-state index contributed by atoms with van der Waals surface area (Å²) in [5, 5.41) is 12.3. The van der Waals surface area contributed by atoms with Crippen LogP contribution in [0.4, 0.5) is 5.69 Å². The Kier molecular flexibility index (Phi) is 6.72. The van der Waals surface area contributed by atoms with Gasteiger partial charge in [0.05, 0.1) is 31.3 Å². The van der Waals surface area contributed by atoms with Gasteiger partial charge in [-0.05, 0) is 24.3 Å². The minimum atomic E-state index is -0.166. The number of rotatable bonds is 8. The Bertz CT molecular complexity index is 1210. The summed E-state index contributed by atoms with van der Waals surface area (Å²) < 4.78 is 12.6. The molecule has 0 radical (unpaired) electrons. The Morgan fingerprint density at radius 1 is 0.938 bits per heavy atom. The van der Waals surface area contributed by atoms with Crippen molar-refractivity contribution < 1.29 is 14.3 Å². The van der Waals surface area contributed by atoms with E-state index < -0.39 is 0 Å². The van der Waals surface area contributed by atoms with E-state index in [0.29, 0.717) is 22.4 Å². The van der Waals surface area contributed by atoms with Gasteiger partial charge in [0.25, 0.3) is 0 Å². The maximum atomic E-state index is 12.6. The van der Waals surface area contributed by atoms with Crippen LogP contribution in [0.3, 0.4) is 0 Å². The van der Waals surface area contributed by atoms with Crippen molar-refractivity contribution in [3.8, 4) is 28.6 Å². The van der Waals surface area contributed by atoms with Crippen molar-refractivity contribution in [3.63, 3.8) is 0 Å². The molecule has 0 unspecified atom stereocenters. The Morgan fingerprint density at radius 2 is 1.72 bits per heavy atom. The quantitative estimate of drug-likeness (QED) is 0.396. The fourth-order valence-electron chi connectivity index (χ4n) is 3.18. The summed E-state index contributed by atoms with van der Waals surface area (Å²) in [6.45, 7) is 0. The first kappa shape index (κ1) is 21.5. The molecule has 1 heterocycles. The fraction of sp³-hybridized carbons (Fsp3) is 0.125. The third-order valence-corrected chi connectivity index (χ3v) is 5.62. The lowest BCUT2D eigenvalue weighted by Crippen LogP contribution is -2.15. The molecule has 1 amide bonds. The number of hydrogen-bond donors (Lipinski definition) is 1. The highest BCUT2D eigenvalue weighted by Gasteiger charge is 2.18. The monoisotopic (exact) mass is 446 g/mol. The van der Waals surface area contributed by atoms with Crippen molar-refractivity contribution in [1.29, 1.82) is 0 Å². The van der Waals surface area contributed by atoms with E-state index in [2.05, 4.69) is 15.5 Å². The zero-order chi connectivity index (χ0) is 22.3. The first-order valence-electron chi connectivity index (χ1n) is 9.90. The Labute approximate surface area is 190 Å². The van der Waals surface area contributed by atoms with Crippen molar-refractivity contribution in [3.05, 3.63) is 78.9 Å². The number of anilines is 1. The summed E-state index contributed by atoms with van der Waals surface area (Å²) in [7, 11) is 3.20. The summed E-state index contributed by atoms with van der Waals surface area (Å²) >= 11 is 1.31. The molecule has 7 nitrogen and oxygen atoms in total. The van der Waals surface area contributed by atoms with Crippen LogP contribution in [0.15, 0.2) is 84.0 Å². The molecule has 1 N–H and O–H groups in total. The lowest BCUT2D eigenvalue weighted by Gasteiger charge is -2.12. The average molecular weight is 447 g/mol. The van der Waals surface area contributed by atoms with Gasteiger partial charge in [-0.3, -0.25) is 9.36 Å². The normalized spacial score (nSPS) is 10.6. The Morgan fingerprint density at radius 3 is 2.50 bits per heavy atom. The highest BCUT2D eigenvalue weighted by molar-refractivity contribution is 7.99. The van der Waals surface area contributed by atoms with Gasteiger partial charge in [-0.15, -0.1) is 10.2 Å². The first-order valence-corrected chi connectivity index (χ1v) is 10.9. The van der Waals surface area contributed by atoms with Crippen LogP contribution in [0.25, 0.3) is 17.1 Å². The van der Waals surface area contributed by atoms with E-state index >= 15 is 0 Å². The molecule has 3 aromatic carbocycles. The van der Waals surface area contributed by atoms with E-state index in [9.17, 15) is 4.79 Å². The number of amides is 1. The van der Waals surface area contributed by atoms with E-state index in [1.165, 1.54) is 11.8 Å². The molecule has 0 saturated carbocycles. The molecule has 0 spiro atoms. The number of carbonyl (C=O) groups is 1. The summed E-state index contributed by atoms with van der Waals surface area (Å²) in [6.07, 6.45) is 0. The molecule has 8 heteroatoms. The lowest BCUT2D eigenvalue weighted by molar-refractivity contribution is -0.113. The van der Waals surface area contributed by atoms with Crippen LogP contribution in [-0.4, -0.2) is 40.6 Å². The minimum absolute atomic E-state index is 0.162. The summed E-state index contributed by atoms with van der Waals surface area (Å²) in [4.78, 5) is 12.6. The van der Waals surface area contributed by atoms with Gasteiger partial charge < -0.3 is 14.8 Å². The molecule has 0 aliphatic rings. The number of aromatic nitrogens is 3. The molecule has 1 aromatic heterocycles. The summed E-state index contributed by atoms with van der Waals surface area (Å²) in [5.74, 6) is 2.01. The third kappa shape index (κ3) is 4.76. The number of carbonyl (C=O) groups excluding carboxylic acids is 1. The second-order valence-corrected chi connectivity index (χ2v) is 7.69. The predicted molar refractivity (Wildman–Crippen MR) is 126 cm³/mol. The maximum absolute atomic E-state index is 12.6. The van der Waals surface area contributed by atoms with Crippen LogP contribution >= 0.6 is 11.8 Å². The summed E-state index contributed by atoms with van der Waals surface area (Å²) in [6, 6.07) is 24.8. The van der Waals surface area contributed by atoms with Crippen LogP contribution in [-0.2, 0) is 4.79 Å². The van der Waals surface area contributed by atoms with E-state index in [1.807, 2.05) is 71.3 Å². The molecule has 162 valence electrons. The highest BCUT2D eigenvalue weighted by Crippen LogP contribution is 2.30. The van der Waals surface area contributed by atoms with E-state index in [-0.39, 0.29) is 11.7 Å². The molecule has 0 fully saturated rings. The van der Waals surface area contributed by atoms with Crippen molar-refractivity contribution in [2.45, 2.75) is 5.16 Å². The minimum Gasteiger partial charge on any atom is -0.497 e. The second kappa shape index (κ2) is 10.0. The van der Waals surface area contributed by atoms with Gasteiger partial charge in [-0.1, -0.05) is 60.3 Å². The zero-order valence-corrected chi connectivity index (χ0v) is 18.5. The topological polar surface area (TPSA) is 78.3 Å². The molecule has 0 atom stereocenters. The van der Waals surface area contributed by atoms with Crippen molar-refractivity contribution >= 4 is 23.4 Å². The van der Waals surface area contributed by atoms with E-state index in [4.69, 9.17) is 9.47 Å². The van der Waals surface area contributed by atoms with Crippen LogP contribution < -0.4 is 14.8 Å². The SMILES string of the molecule is COc1cccc(-n2c(SCC(=O)Nc3ccccc3OC)nnc2-c2ccccc2)c1. The van der Waals surface area contributed by atoms with Crippen LogP contribution in [0.5, 0.6) is 11.5 Å². The van der Waals surface area contributed by atoms with Crippen LogP contribution in [0.2, 0.25) is 0 Å². The predicted octanol–water partition coefficient (Wildman–Crippen LogP) is 4.68. The van der Waals surface area contributed by atoms with Crippen LogP contribution in [0, 0.1) is 0 Å². The largest absolute Gasteiger partial charge is 0.497 e. The van der Waals surface area contributed by atoms with Crippen LogP contribution in [0.1, 0.15) is 0 Å². The molecular formula is C24H22N4O3S. The molecule has 0 bridgehead atoms. The second-order valence-electron chi connectivity index (χ2n) is 6.75. The van der Waals surface area contributed by atoms with Gasteiger partial charge in [0, 0.05) is 11.6 Å². The molecule has 0 aliphatic carbocycles. The lowest BCUT2D eigenvalue weighted by atomic mass is 10.2. The standard InChI is InChI=1S/C24H22N4O3S/c1-30-19-12-8-11-18(15-19)28-23(17-9-4-3-5-10-17)26-27-24(28)32-16-22(29)25-20-13-6-7-14-21(20)31-2/h3-15H,16H2,1-2H3,(H,25,29). The maximum Gasteiger partial charge on any atom is 0.234 e. The van der Waals surface area contributed by atoms with E-state index in [1.54, 1.807) is 26.4 Å². The van der Waals surface area contributed by atoms with Crippen molar-refractivity contribution in [2.75, 3.05) is 25.3 Å². The first-order chi connectivity index (χ1) is 15.7. The smallest absolute Gasteiger partial charge is 0.234 e. The third-order valence-electron chi connectivity index (χ3n) is 4.69. The number of methoxy groups -OCH3 is 2. The molecule has 0 saturated heterocycles. The van der Waals surface area contributed by atoms with E-state index in [0.717, 1.165) is 17.0 Å². The number of para-hydroxylation sites is 2. The molecular weight excluding hydrogens is 424 g/mol. The fourth-order valence-corrected chi connectivity index (χ4v) is 3.94. The molecule has 4 aromatic rings. The number of thioether (sulfide) groups is 1. The number of nitrogens with zero attached hydrogens (tertiary/aromatic N) is 3. The summed E-state index contributed by atoms with van der Waals surface area (Å²) in [5.41, 5.74) is 2.40. The van der Waals surface area contributed by atoms with Crippen molar-refractivity contribution in [2.24, 2.45) is 0 Å². The molecule has 32 heavy (non-hydrogen) atoms. The number of benzene rings is 3. The van der Waals surface area contributed by atoms with Gasteiger partial charge in [0.15, 0.2) is 11.0 Å². The number of nitrogens with one attached hydrogen (secondary N) is 1. The Hall–Kier alpha value is -3.78. The highest BCUT2D eigenvalue weighted by atomic mass is 32.2. The molecule has 4 rings (SSSR count). The van der Waals surface area contributed by atoms with Crippen molar-refractivity contribution in [1.82, 2.24) is 14.8 Å². The van der Waals surface area contributed by atoms with Gasteiger partial charge >= 0.3 is 0 Å². The number of ether oxygens (including phenoxy) is 2. The number of hydrogen-bond acceptors (Lipinski definition) is 6. The van der Waals surface area contributed by atoms with Gasteiger partial charge in [-0.25, -0.2) is 0 Å². The molecule has 0 aliphatic heterocycles. The zero-order valence-electron chi connectivity index (χ0n) is 17.7. The average Bonchev–Trinajstić information content (AvgIpc) is 3.28. The Balaban J connectivity index is 1.61. The van der Waals surface area contributed by atoms with Gasteiger partial charge in [-0.2, -0.15) is 0 Å². The van der Waals surface area contributed by atoms with Gasteiger partial charge in [0.1, 0.15) is 11.5 Å².